The highest BCUT2D eigenvalue weighted by Crippen LogP contribution is 2.18. The maximum absolute atomic E-state index is 12.1. The minimum atomic E-state index is -0.305. The molecule has 0 unspecified atom stereocenters. The van der Waals surface area contributed by atoms with Crippen molar-refractivity contribution in [3.63, 3.8) is 0 Å². The molecule has 0 aliphatic heterocycles. The van der Waals surface area contributed by atoms with Crippen LogP contribution in [-0.2, 0) is 9.53 Å². The zero-order chi connectivity index (χ0) is 15.4. The maximum atomic E-state index is 12.1. The van der Waals surface area contributed by atoms with Crippen LogP contribution < -0.4 is 10.5 Å². The van der Waals surface area contributed by atoms with E-state index < -0.39 is 0 Å². The molecule has 1 aromatic heterocycles. The van der Waals surface area contributed by atoms with E-state index in [9.17, 15) is 9.59 Å². The van der Waals surface area contributed by atoms with Gasteiger partial charge >= 0.3 is 5.97 Å². The summed E-state index contributed by atoms with van der Waals surface area (Å²) in [6.45, 7) is 6.16. The van der Waals surface area contributed by atoms with E-state index in [0.29, 0.717) is 17.8 Å². The third-order valence-corrected chi connectivity index (χ3v) is 3.28. The molecular weight excluding hydrogens is 268 g/mol. The molecule has 0 spiro atoms. The molecule has 0 saturated heterocycles. The van der Waals surface area contributed by atoms with Crippen LogP contribution in [0, 0.1) is 0 Å². The van der Waals surface area contributed by atoms with Gasteiger partial charge in [0.05, 0.1) is 6.61 Å². The molecule has 1 aromatic carbocycles. The van der Waals surface area contributed by atoms with Crippen molar-refractivity contribution < 1.29 is 9.53 Å². The highest BCUT2D eigenvalue weighted by molar-refractivity contribution is 5.84. The van der Waals surface area contributed by atoms with Crippen LogP contribution in [0.3, 0.4) is 0 Å². The van der Waals surface area contributed by atoms with E-state index in [2.05, 4.69) is 4.98 Å². The number of pyridine rings is 1. The topological polar surface area (TPSA) is 62.4 Å². The summed E-state index contributed by atoms with van der Waals surface area (Å²) in [7, 11) is 0. The molecule has 2 aromatic rings. The van der Waals surface area contributed by atoms with Crippen molar-refractivity contribution in [1.29, 1.82) is 0 Å². The van der Waals surface area contributed by atoms with Crippen LogP contribution in [0.25, 0.3) is 10.8 Å². The molecule has 0 aliphatic rings. The Morgan fingerprint density at radius 3 is 2.71 bits per heavy atom. The third-order valence-electron chi connectivity index (χ3n) is 3.28. The van der Waals surface area contributed by atoms with E-state index in [0.717, 1.165) is 5.39 Å². The van der Waals surface area contributed by atoms with Gasteiger partial charge in [-0.05, 0) is 38.3 Å². The number of anilines is 1. The maximum Gasteiger partial charge on any atom is 0.325 e. The number of nitrogens with one attached hydrogen (secondary N) is 1. The first-order valence-corrected chi connectivity index (χ1v) is 7.07. The number of carbonyl (C=O) groups excluding carboxylic acids is 1. The van der Waals surface area contributed by atoms with Crippen LogP contribution >= 0.6 is 0 Å². The van der Waals surface area contributed by atoms with Crippen molar-refractivity contribution in [2.75, 3.05) is 18.1 Å². The highest BCUT2D eigenvalue weighted by Gasteiger charge is 2.17. The first-order chi connectivity index (χ1) is 10.0. The zero-order valence-electron chi connectivity index (χ0n) is 12.6. The Hall–Kier alpha value is -2.30. The molecule has 0 radical (unpaired) electrons. The molecule has 5 nitrogen and oxygen atoms in total. The first kappa shape index (κ1) is 15.1. The Morgan fingerprint density at radius 2 is 2.05 bits per heavy atom. The Balaban J connectivity index is 2.41. The van der Waals surface area contributed by atoms with E-state index >= 15 is 0 Å². The fourth-order valence-corrected chi connectivity index (χ4v) is 2.24. The van der Waals surface area contributed by atoms with Crippen LogP contribution in [0.4, 0.5) is 5.82 Å². The minimum Gasteiger partial charge on any atom is -0.465 e. The largest absolute Gasteiger partial charge is 0.465 e. The van der Waals surface area contributed by atoms with Gasteiger partial charge < -0.3 is 14.6 Å². The number of carbonyl (C=O) groups is 1. The standard InChI is InChI=1S/C16H20N2O3/c1-4-21-15(19)10-18(11(2)3)14-9-12-7-5-6-8-13(12)16(20)17-14/h5-9,11H,4,10H2,1-3H3,(H,17,20). The number of aromatic amines is 1. The van der Waals surface area contributed by atoms with Crippen LogP contribution in [0.1, 0.15) is 20.8 Å². The molecular formula is C16H20N2O3. The van der Waals surface area contributed by atoms with Gasteiger partial charge in [0, 0.05) is 11.4 Å². The lowest BCUT2D eigenvalue weighted by atomic mass is 10.1. The number of aromatic nitrogens is 1. The predicted molar refractivity (Wildman–Crippen MR) is 83.7 cm³/mol. The molecule has 2 rings (SSSR count). The number of esters is 1. The van der Waals surface area contributed by atoms with Gasteiger partial charge in [-0.15, -0.1) is 0 Å². The summed E-state index contributed by atoms with van der Waals surface area (Å²) < 4.78 is 4.99. The van der Waals surface area contributed by atoms with Gasteiger partial charge in [-0.3, -0.25) is 9.59 Å². The second kappa shape index (κ2) is 6.43. The van der Waals surface area contributed by atoms with Gasteiger partial charge in [0.25, 0.3) is 5.56 Å². The fraction of sp³-hybridized carbons (Fsp3) is 0.375. The number of nitrogens with zero attached hydrogens (tertiary/aromatic N) is 1. The number of fused-ring (bicyclic) bond motifs is 1. The number of ether oxygens (including phenoxy) is 1. The predicted octanol–water partition coefficient (Wildman–Crippen LogP) is 2.31. The highest BCUT2D eigenvalue weighted by atomic mass is 16.5. The Labute approximate surface area is 123 Å². The van der Waals surface area contributed by atoms with Gasteiger partial charge in [-0.2, -0.15) is 0 Å². The quantitative estimate of drug-likeness (QED) is 0.858. The molecule has 1 heterocycles. The fourth-order valence-electron chi connectivity index (χ4n) is 2.24. The summed E-state index contributed by atoms with van der Waals surface area (Å²) in [4.78, 5) is 28.5. The minimum absolute atomic E-state index is 0.0613. The van der Waals surface area contributed by atoms with Crippen LogP contribution in [0.15, 0.2) is 35.1 Å². The number of hydrogen-bond acceptors (Lipinski definition) is 4. The van der Waals surface area contributed by atoms with E-state index in [1.165, 1.54) is 0 Å². The van der Waals surface area contributed by atoms with Gasteiger partial charge in [-0.1, -0.05) is 18.2 Å². The summed E-state index contributed by atoms with van der Waals surface area (Å²) in [5.74, 6) is 0.321. The summed E-state index contributed by atoms with van der Waals surface area (Å²) in [6, 6.07) is 9.33. The molecule has 1 N–H and O–H groups in total. The molecule has 112 valence electrons. The van der Waals surface area contributed by atoms with Gasteiger partial charge in [0.2, 0.25) is 0 Å². The summed E-state index contributed by atoms with van der Waals surface area (Å²) in [5, 5.41) is 1.49. The molecule has 21 heavy (non-hydrogen) atoms. The average molecular weight is 288 g/mol. The van der Waals surface area contributed by atoms with E-state index in [1.54, 1.807) is 13.0 Å². The summed E-state index contributed by atoms with van der Waals surface area (Å²) in [6.07, 6.45) is 0. The molecule has 0 amide bonds. The van der Waals surface area contributed by atoms with E-state index in [-0.39, 0.29) is 24.1 Å². The number of H-pyrrole nitrogens is 1. The van der Waals surface area contributed by atoms with E-state index in [4.69, 9.17) is 4.74 Å². The molecule has 0 fully saturated rings. The molecule has 0 bridgehead atoms. The monoisotopic (exact) mass is 288 g/mol. The van der Waals surface area contributed by atoms with Gasteiger partial charge in [0.15, 0.2) is 0 Å². The Kier molecular flexibility index (Phi) is 4.62. The SMILES string of the molecule is CCOC(=O)CN(c1cc2ccccc2c(=O)[nH]1)C(C)C. The lowest BCUT2D eigenvalue weighted by Gasteiger charge is -2.27. The Bertz CT molecular complexity index is 691. The normalized spacial score (nSPS) is 10.9. The number of benzene rings is 1. The van der Waals surface area contributed by atoms with Gasteiger partial charge in [-0.25, -0.2) is 0 Å². The first-order valence-electron chi connectivity index (χ1n) is 7.07. The molecule has 0 aliphatic carbocycles. The molecule has 0 atom stereocenters. The lowest BCUT2D eigenvalue weighted by Crippen LogP contribution is -2.38. The number of hydrogen-bond donors (Lipinski definition) is 1. The average Bonchev–Trinajstić information content (AvgIpc) is 2.44. The number of rotatable bonds is 5. The smallest absolute Gasteiger partial charge is 0.325 e. The summed E-state index contributed by atoms with van der Waals surface area (Å²) >= 11 is 0. The van der Waals surface area contributed by atoms with Crippen molar-refractivity contribution in [2.45, 2.75) is 26.8 Å². The molecule has 5 heteroatoms. The van der Waals surface area contributed by atoms with E-state index in [1.807, 2.05) is 43.0 Å². The van der Waals surface area contributed by atoms with Crippen LogP contribution in [0.5, 0.6) is 0 Å². The molecule has 0 saturated carbocycles. The lowest BCUT2D eigenvalue weighted by molar-refractivity contribution is -0.141. The van der Waals surface area contributed by atoms with Crippen molar-refractivity contribution >= 4 is 22.6 Å². The zero-order valence-corrected chi connectivity index (χ0v) is 12.6. The third kappa shape index (κ3) is 3.42. The Morgan fingerprint density at radius 1 is 1.33 bits per heavy atom. The van der Waals surface area contributed by atoms with Crippen LogP contribution in [0.2, 0.25) is 0 Å². The summed E-state index contributed by atoms with van der Waals surface area (Å²) in [5.41, 5.74) is -0.155. The second-order valence-electron chi connectivity index (χ2n) is 5.10. The second-order valence-corrected chi connectivity index (χ2v) is 5.10. The van der Waals surface area contributed by atoms with Crippen molar-refractivity contribution in [2.24, 2.45) is 0 Å². The van der Waals surface area contributed by atoms with Crippen molar-refractivity contribution in [3.8, 4) is 0 Å². The van der Waals surface area contributed by atoms with Gasteiger partial charge in [0.1, 0.15) is 12.4 Å². The van der Waals surface area contributed by atoms with Crippen molar-refractivity contribution in [3.05, 3.63) is 40.7 Å². The van der Waals surface area contributed by atoms with Crippen LogP contribution in [-0.4, -0.2) is 30.1 Å². The van der Waals surface area contributed by atoms with Crippen molar-refractivity contribution in [1.82, 2.24) is 4.98 Å².